The number of para-hydroxylation sites is 1. The quantitative estimate of drug-likeness (QED) is 0.783. The van der Waals surface area contributed by atoms with Gasteiger partial charge >= 0.3 is 5.97 Å². The second kappa shape index (κ2) is 6.09. The number of carbonyl (C=O) groups excluding carboxylic acids is 1. The van der Waals surface area contributed by atoms with Crippen LogP contribution in [0.2, 0.25) is 0 Å². The van der Waals surface area contributed by atoms with Crippen LogP contribution in [0.4, 0.5) is 5.69 Å². The fourth-order valence-corrected chi connectivity index (χ4v) is 2.82. The van der Waals surface area contributed by atoms with Gasteiger partial charge in [0.15, 0.2) is 0 Å². The van der Waals surface area contributed by atoms with Crippen LogP contribution >= 0.6 is 0 Å². The standard InChI is InChI=1S/C16H23NO2/c1-12(2)14-8-4-5-9-15(14)17-10-6-7-13(11-17)16(18)19-3/h4-5,8-9,12-13H,6-7,10-11H2,1-3H3. The molecular weight excluding hydrogens is 238 g/mol. The molecule has 3 heteroatoms. The summed E-state index contributed by atoms with van der Waals surface area (Å²) < 4.78 is 4.89. The van der Waals surface area contributed by atoms with Crippen molar-refractivity contribution < 1.29 is 9.53 Å². The maximum absolute atomic E-state index is 11.7. The van der Waals surface area contributed by atoms with E-state index >= 15 is 0 Å². The molecular formula is C16H23NO2. The van der Waals surface area contributed by atoms with E-state index in [9.17, 15) is 4.79 Å². The van der Waals surface area contributed by atoms with Crippen LogP contribution in [0.3, 0.4) is 0 Å². The molecule has 2 rings (SSSR count). The van der Waals surface area contributed by atoms with Crippen LogP contribution in [-0.2, 0) is 9.53 Å². The smallest absolute Gasteiger partial charge is 0.310 e. The van der Waals surface area contributed by atoms with Crippen LogP contribution in [0.1, 0.15) is 38.2 Å². The highest BCUT2D eigenvalue weighted by Crippen LogP contribution is 2.30. The lowest BCUT2D eigenvalue weighted by Gasteiger charge is -2.35. The van der Waals surface area contributed by atoms with Crippen molar-refractivity contribution >= 4 is 11.7 Å². The number of carbonyl (C=O) groups is 1. The molecule has 0 saturated carbocycles. The van der Waals surface area contributed by atoms with Gasteiger partial charge in [-0.25, -0.2) is 0 Å². The second-order valence-corrected chi connectivity index (χ2v) is 5.52. The van der Waals surface area contributed by atoms with Crippen LogP contribution in [0, 0.1) is 5.92 Å². The lowest BCUT2D eigenvalue weighted by molar-refractivity contribution is -0.145. The van der Waals surface area contributed by atoms with E-state index in [-0.39, 0.29) is 11.9 Å². The van der Waals surface area contributed by atoms with Gasteiger partial charge < -0.3 is 9.64 Å². The van der Waals surface area contributed by atoms with Crippen molar-refractivity contribution in [2.45, 2.75) is 32.6 Å². The first kappa shape index (κ1) is 13.9. The zero-order valence-electron chi connectivity index (χ0n) is 12.1. The van der Waals surface area contributed by atoms with Crippen molar-refractivity contribution in [1.29, 1.82) is 0 Å². The Kier molecular flexibility index (Phi) is 4.46. The lowest BCUT2D eigenvalue weighted by atomic mass is 9.95. The van der Waals surface area contributed by atoms with Gasteiger partial charge in [0.25, 0.3) is 0 Å². The fourth-order valence-electron chi connectivity index (χ4n) is 2.82. The average Bonchev–Trinajstić information content (AvgIpc) is 2.46. The Hall–Kier alpha value is -1.51. The van der Waals surface area contributed by atoms with Crippen LogP contribution < -0.4 is 4.90 Å². The van der Waals surface area contributed by atoms with Gasteiger partial charge in [0.1, 0.15) is 0 Å². The zero-order valence-corrected chi connectivity index (χ0v) is 12.1. The number of methoxy groups -OCH3 is 1. The highest BCUT2D eigenvalue weighted by molar-refractivity contribution is 5.73. The molecule has 1 aromatic rings. The second-order valence-electron chi connectivity index (χ2n) is 5.52. The van der Waals surface area contributed by atoms with E-state index in [1.165, 1.54) is 18.4 Å². The highest BCUT2D eigenvalue weighted by Gasteiger charge is 2.27. The van der Waals surface area contributed by atoms with E-state index in [1.807, 2.05) is 0 Å². The molecule has 1 aromatic carbocycles. The van der Waals surface area contributed by atoms with E-state index in [4.69, 9.17) is 4.74 Å². The van der Waals surface area contributed by atoms with E-state index < -0.39 is 0 Å². The van der Waals surface area contributed by atoms with Gasteiger partial charge in [-0.3, -0.25) is 4.79 Å². The molecule has 0 aromatic heterocycles. The first-order chi connectivity index (χ1) is 9.13. The summed E-state index contributed by atoms with van der Waals surface area (Å²) in [6, 6.07) is 8.50. The Balaban J connectivity index is 2.20. The normalized spacial score (nSPS) is 19.6. The monoisotopic (exact) mass is 261 g/mol. The number of esters is 1. The first-order valence-corrected chi connectivity index (χ1v) is 7.05. The Bertz CT molecular complexity index is 442. The molecule has 104 valence electrons. The largest absolute Gasteiger partial charge is 0.469 e. The molecule has 1 aliphatic heterocycles. The summed E-state index contributed by atoms with van der Waals surface area (Å²) >= 11 is 0. The minimum Gasteiger partial charge on any atom is -0.469 e. The molecule has 0 bridgehead atoms. The third-order valence-electron chi connectivity index (χ3n) is 3.86. The SMILES string of the molecule is COC(=O)C1CCCN(c2ccccc2C(C)C)C1. The van der Waals surface area contributed by atoms with Crippen molar-refractivity contribution in [3.63, 3.8) is 0 Å². The molecule has 1 saturated heterocycles. The van der Waals surface area contributed by atoms with Crippen LogP contribution in [0.25, 0.3) is 0 Å². The summed E-state index contributed by atoms with van der Waals surface area (Å²) in [6.45, 7) is 6.22. The molecule has 1 unspecified atom stereocenters. The van der Waals surface area contributed by atoms with E-state index in [0.717, 1.165) is 25.9 Å². The van der Waals surface area contributed by atoms with E-state index in [2.05, 4.69) is 43.0 Å². The minimum atomic E-state index is -0.0771. The Morgan fingerprint density at radius 3 is 2.79 bits per heavy atom. The number of piperidine rings is 1. The maximum Gasteiger partial charge on any atom is 0.310 e. The zero-order chi connectivity index (χ0) is 13.8. The van der Waals surface area contributed by atoms with Crippen molar-refractivity contribution in [3.8, 4) is 0 Å². The van der Waals surface area contributed by atoms with Gasteiger partial charge in [-0.15, -0.1) is 0 Å². The molecule has 1 fully saturated rings. The molecule has 0 amide bonds. The summed E-state index contributed by atoms with van der Waals surface area (Å²) in [5.74, 6) is 0.431. The van der Waals surface area contributed by atoms with Crippen LogP contribution in [0.15, 0.2) is 24.3 Å². The summed E-state index contributed by atoms with van der Waals surface area (Å²) in [4.78, 5) is 14.0. The van der Waals surface area contributed by atoms with Crippen molar-refractivity contribution in [2.75, 3.05) is 25.1 Å². The fraction of sp³-hybridized carbons (Fsp3) is 0.562. The number of benzene rings is 1. The molecule has 0 N–H and O–H groups in total. The van der Waals surface area contributed by atoms with E-state index in [0.29, 0.717) is 5.92 Å². The van der Waals surface area contributed by atoms with Crippen molar-refractivity contribution in [3.05, 3.63) is 29.8 Å². The van der Waals surface area contributed by atoms with Crippen molar-refractivity contribution in [2.24, 2.45) is 5.92 Å². The molecule has 0 spiro atoms. The minimum absolute atomic E-state index is 0.0129. The number of rotatable bonds is 3. The predicted octanol–water partition coefficient (Wildman–Crippen LogP) is 3.20. The Morgan fingerprint density at radius 2 is 2.11 bits per heavy atom. The summed E-state index contributed by atoms with van der Waals surface area (Å²) in [6.07, 6.45) is 1.99. The molecule has 1 heterocycles. The maximum atomic E-state index is 11.7. The topological polar surface area (TPSA) is 29.5 Å². The number of ether oxygens (including phenoxy) is 1. The summed E-state index contributed by atoms with van der Waals surface area (Å²) in [7, 11) is 1.48. The Morgan fingerprint density at radius 1 is 1.37 bits per heavy atom. The third-order valence-corrected chi connectivity index (χ3v) is 3.86. The first-order valence-electron chi connectivity index (χ1n) is 7.05. The molecule has 1 atom stereocenters. The molecule has 3 nitrogen and oxygen atoms in total. The number of hydrogen-bond donors (Lipinski definition) is 0. The third kappa shape index (κ3) is 3.09. The highest BCUT2D eigenvalue weighted by atomic mass is 16.5. The molecule has 0 radical (unpaired) electrons. The van der Waals surface area contributed by atoms with Gasteiger partial charge in [-0.1, -0.05) is 32.0 Å². The number of anilines is 1. The van der Waals surface area contributed by atoms with Gasteiger partial charge in [-0.2, -0.15) is 0 Å². The van der Waals surface area contributed by atoms with Crippen LogP contribution in [-0.4, -0.2) is 26.2 Å². The van der Waals surface area contributed by atoms with Gasteiger partial charge in [0.2, 0.25) is 0 Å². The molecule has 0 aliphatic carbocycles. The van der Waals surface area contributed by atoms with Gasteiger partial charge in [0, 0.05) is 18.8 Å². The average molecular weight is 261 g/mol. The molecule has 1 aliphatic rings. The van der Waals surface area contributed by atoms with Gasteiger partial charge in [-0.05, 0) is 30.4 Å². The van der Waals surface area contributed by atoms with E-state index in [1.54, 1.807) is 0 Å². The summed E-state index contributed by atoms with van der Waals surface area (Å²) in [5, 5.41) is 0. The lowest BCUT2D eigenvalue weighted by Crippen LogP contribution is -2.39. The number of hydrogen-bond acceptors (Lipinski definition) is 3. The predicted molar refractivity (Wildman–Crippen MR) is 77.5 cm³/mol. The van der Waals surface area contributed by atoms with Gasteiger partial charge in [0.05, 0.1) is 13.0 Å². The van der Waals surface area contributed by atoms with Crippen LogP contribution in [0.5, 0.6) is 0 Å². The number of nitrogens with zero attached hydrogens (tertiary/aromatic N) is 1. The Labute approximate surface area is 115 Å². The van der Waals surface area contributed by atoms with Crippen molar-refractivity contribution in [1.82, 2.24) is 0 Å². The molecule has 19 heavy (non-hydrogen) atoms. The summed E-state index contributed by atoms with van der Waals surface area (Å²) in [5.41, 5.74) is 2.62.